The van der Waals surface area contributed by atoms with Crippen LogP contribution in [-0.4, -0.2) is 94.2 Å². The molecule has 1 saturated heterocycles. The summed E-state index contributed by atoms with van der Waals surface area (Å²) in [5, 5.41) is 30.0. The van der Waals surface area contributed by atoms with Gasteiger partial charge in [-0.25, -0.2) is 14.2 Å². The molecule has 0 aromatic heterocycles. The lowest BCUT2D eigenvalue weighted by Gasteiger charge is -2.44. The lowest BCUT2D eigenvalue weighted by molar-refractivity contribution is -0.135. The van der Waals surface area contributed by atoms with Crippen molar-refractivity contribution < 1.29 is 29.0 Å². The van der Waals surface area contributed by atoms with E-state index >= 15 is 0 Å². The molecule has 0 bridgehead atoms. The number of amides is 2. The monoisotopic (exact) mass is 640 g/mol. The van der Waals surface area contributed by atoms with E-state index in [1.807, 2.05) is 12.1 Å². The number of benzene rings is 2. The molecule has 4 rings (SSSR count). The van der Waals surface area contributed by atoms with Gasteiger partial charge in [0.05, 0.1) is 11.7 Å². The number of aliphatic imine (C=N–C) groups is 1. The van der Waals surface area contributed by atoms with Gasteiger partial charge in [0.1, 0.15) is 5.82 Å². The Labute approximate surface area is 269 Å². The largest absolute Gasteiger partial charge is 0.481 e. The standard InChI is InChI=1S/C28H37FN8O.2C2H4O2/c1-20(2)26-18-36(28(38)33-23-8-4-7-22(29)16-23)14-15-37(26)27(32-19-31)34-25-9-3-6-21-17-35(12-5-11-30)13-10-24(21)25;2*1-2(3)4/h3-4,6-9,16,20,26H,5,10-15,17-18,30H2,1-2H3,(H,32,34)(H,33,38);2*1H3,(H,3,4). The van der Waals surface area contributed by atoms with Gasteiger partial charge in [0.15, 0.2) is 6.19 Å². The molecule has 1 unspecified atom stereocenters. The Morgan fingerprint density at radius 3 is 2.39 bits per heavy atom. The van der Waals surface area contributed by atoms with E-state index in [-0.39, 0.29) is 18.0 Å². The van der Waals surface area contributed by atoms with Crippen molar-refractivity contribution >= 4 is 35.3 Å². The van der Waals surface area contributed by atoms with Gasteiger partial charge < -0.3 is 31.1 Å². The van der Waals surface area contributed by atoms with E-state index in [9.17, 15) is 14.4 Å². The minimum atomic E-state index is -0.833. The van der Waals surface area contributed by atoms with Gasteiger partial charge in [-0.15, -0.1) is 0 Å². The zero-order valence-electron chi connectivity index (χ0n) is 26.9. The van der Waals surface area contributed by atoms with Crippen molar-refractivity contribution in [1.82, 2.24) is 20.0 Å². The normalized spacial score (nSPS) is 16.1. The highest BCUT2D eigenvalue weighted by Gasteiger charge is 2.34. The summed E-state index contributed by atoms with van der Waals surface area (Å²) in [7, 11) is 0. The van der Waals surface area contributed by atoms with Gasteiger partial charge in [0.2, 0.25) is 5.96 Å². The van der Waals surface area contributed by atoms with E-state index in [1.54, 1.807) is 17.0 Å². The molecule has 2 aliphatic heterocycles. The second kappa shape index (κ2) is 18.9. The first-order valence-electron chi connectivity index (χ1n) is 15.1. The number of hydrogen-bond donors (Lipinski definition) is 5. The number of piperazine rings is 1. The Balaban J connectivity index is 0.000000825. The molecule has 1 atom stereocenters. The highest BCUT2D eigenvalue weighted by molar-refractivity contribution is 5.90. The molecular formula is C32H45FN8O5. The summed E-state index contributed by atoms with van der Waals surface area (Å²) in [6.07, 6.45) is 3.92. The zero-order chi connectivity index (χ0) is 34.2. The molecule has 2 amide bonds. The van der Waals surface area contributed by atoms with Gasteiger partial charge in [0.25, 0.3) is 11.9 Å². The Hall–Kier alpha value is -4.74. The minimum absolute atomic E-state index is 0.0621. The van der Waals surface area contributed by atoms with Crippen molar-refractivity contribution in [3.63, 3.8) is 0 Å². The Bertz CT molecular complexity index is 1380. The van der Waals surface area contributed by atoms with Crippen LogP contribution in [0.5, 0.6) is 0 Å². The quantitative estimate of drug-likeness (QED) is 0.135. The first-order chi connectivity index (χ1) is 21.9. The van der Waals surface area contributed by atoms with Crippen LogP contribution in [0.15, 0.2) is 47.5 Å². The molecule has 2 aliphatic rings. The summed E-state index contributed by atoms with van der Waals surface area (Å²) in [6, 6.07) is 11.7. The fourth-order valence-electron chi connectivity index (χ4n) is 5.18. The van der Waals surface area contributed by atoms with Gasteiger partial charge in [-0.2, -0.15) is 5.26 Å². The molecular weight excluding hydrogens is 595 g/mol. The smallest absolute Gasteiger partial charge is 0.321 e. The predicted octanol–water partition coefficient (Wildman–Crippen LogP) is 3.65. The van der Waals surface area contributed by atoms with Crippen molar-refractivity contribution in [2.75, 3.05) is 44.6 Å². The van der Waals surface area contributed by atoms with E-state index in [4.69, 9.17) is 30.5 Å². The predicted molar refractivity (Wildman–Crippen MR) is 174 cm³/mol. The number of carboxylic acid groups (broad SMARTS) is 2. The number of carboxylic acids is 2. The topological polar surface area (TPSA) is 188 Å². The van der Waals surface area contributed by atoms with E-state index < -0.39 is 17.8 Å². The fourth-order valence-corrected chi connectivity index (χ4v) is 5.18. The molecule has 14 heteroatoms. The molecule has 6 N–H and O–H groups in total. The second-order valence-electron chi connectivity index (χ2n) is 11.2. The van der Waals surface area contributed by atoms with Crippen LogP contribution < -0.4 is 16.4 Å². The lowest BCUT2D eigenvalue weighted by atomic mass is 9.97. The number of guanidine groups is 1. The maximum absolute atomic E-state index is 13.6. The number of nitrogens with zero attached hydrogens (tertiary/aromatic N) is 5. The van der Waals surface area contributed by atoms with Crippen molar-refractivity contribution in [1.29, 1.82) is 5.26 Å². The number of hydrogen-bond acceptors (Lipinski definition) is 7. The summed E-state index contributed by atoms with van der Waals surface area (Å²) >= 11 is 0. The second-order valence-corrected chi connectivity index (χ2v) is 11.2. The number of fused-ring (bicyclic) bond motifs is 1. The molecule has 2 aromatic rings. The van der Waals surface area contributed by atoms with Gasteiger partial charge in [0, 0.05) is 52.3 Å². The van der Waals surface area contributed by atoms with E-state index in [1.165, 1.54) is 23.3 Å². The lowest BCUT2D eigenvalue weighted by Crippen LogP contribution is -2.60. The number of carbonyl (C=O) groups excluding carboxylic acids is 1. The average molecular weight is 641 g/mol. The van der Waals surface area contributed by atoms with Crippen molar-refractivity contribution in [3.05, 3.63) is 59.4 Å². The van der Waals surface area contributed by atoms with Crippen molar-refractivity contribution in [3.8, 4) is 6.19 Å². The number of aliphatic carboxylic acids is 2. The molecule has 46 heavy (non-hydrogen) atoms. The van der Waals surface area contributed by atoms with Crippen molar-refractivity contribution in [2.24, 2.45) is 16.6 Å². The average Bonchev–Trinajstić information content (AvgIpc) is 2.99. The third kappa shape index (κ3) is 12.3. The molecule has 250 valence electrons. The maximum Gasteiger partial charge on any atom is 0.321 e. The number of nitrogens with two attached hydrogens (primary N) is 1. The van der Waals surface area contributed by atoms with Crippen LogP contribution in [0.25, 0.3) is 0 Å². The van der Waals surface area contributed by atoms with Crippen LogP contribution in [0.3, 0.4) is 0 Å². The molecule has 2 aromatic carbocycles. The number of anilines is 1. The molecule has 0 aliphatic carbocycles. The number of rotatable bonds is 6. The van der Waals surface area contributed by atoms with Crippen molar-refractivity contribution in [2.45, 2.75) is 53.1 Å². The summed E-state index contributed by atoms with van der Waals surface area (Å²) in [4.78, 5) is 42.2. The molecule has 0 spiro atoms. The van der Waals surface area contributed by atoms with E-state index in [0.717, 1.165) is 52.0 Å². The highest BCUT2D eigenvalue weighted by Crippen LogP contribution is 2.29. The summed E-state index contributed by atoms with van der Waals surface area (Å²) < 4.78 is 13.6. The van der Waals surface area contributed by atoms with E-state index in [0.29, 0.717) is 37.8 Å². The number of nitriles is 1. The fraction of sp³-hybridized carbons (Fsp3) is 0.469. The summed E-state index contributed by atoms with van der Waals surface area (Å²) in [6.45, 7) is 11.3. The molecule has 13 nitrogen and oxygen atoms in total. The Morgan fingerprint density at radius 2 is 1.78 bits per heavy atom. The molecule has 0 saturated carbocycles. The summed E-state index contributed by atoms with van der Waals surface area (Å²) in [5.74, 6) is -1.39. The summed E-state index contributed by atoms with van der Waals surface area (Å²) in [5.41, 5.74) is 9.45. The first kappa shape index (κ1) is 37.4. The van der Waals surface area contributed by atoms with Gasteiger partial charge >= 0.3 is 6.03 Å². The van der Waals surface area contributed by atoms with Crippen LogP contribution in [0.2, 0.25) is 0 Å². The van der Waals surface area contributed by atoms with Gasteiger partial charge in [-0.3, -0.25) is 19.8 Å². The molecule has 2 heterocycles. The highest BCUT2D eigenvalue weighted by atomic mass is 19.1. The number of nitrogens with one attached hydrogen (secondary N) is 2. The Kier molecular flexibility index (Phi) is 15.4. The van der Waals surface area contributed by atoms with Crippen LogP contribution in [-0.2, 0) is 22.6 Å². The third-order valence-electron chi connectivity index (χ3n) is 7.22. The number of urea groups is 1. The van der Waals surface area contributed by atoms with E-state index in [2.05, 4.69) is 46.5 Å². The first-order valence-corrected chi connectivity index (χ1v) is 15.1. The third-order valence-corrected chi connectivity index (χ3v) is 7.22. The number of carbonyl (C=O) groups is 3. The van der Waals surface area contributed by atoms with Gasteiger partial charge in [-0.1, -0.05) is 32.0 Å². The van der Waals surface area contributed by atoms with Crippen LogP contribution in [0.1, 0.15) is 45.2 Å². The molecule has 0 radical (unpaired) electrons. The minimum Gasteiger partial charge on any atom is -0.481 e. The van der Waals surface area contributed by atoms with Crippen LogP contribution >= 0.6 is 0 Å². The van der Waals surface area contributed by atoms with Crippen LogP contribution in [0, 0.1) is 23.2 Å². The van der Waals surface area contributed by atoms with Crippen LogP contribution in [0.4, 0.5) is 20.6 Å². The number of halogens is 1. The maximum atomic E-state index is 13.6. The zero-order valence-corrected chi connectivity index (χ0v) is 26.9. The van der Waals surface area contributed by atoms with Gasteiger partial charge in [-0.05, 0) is 67.2 Å². The Morgan fingerprint density at radius 1 is 1.11 bits per heavy atom. The SMILES string of the molecule is CC(=O)O.CC(=O)O.CC(C)C1CN(C(=O)Nc2cccc(F)c2)CCN1C(=Nc1cccc2c1CCN(CCCN)C2)NC#N. The molecule has 1 fully saturated rings.